The second-order valence-electron chi connectivity index (χ2n) is 4.43. The van der Waals surface area contributed by atoms with Crippen LogP contribution in [0.5, 0.6) is 0 Å². The number of fused-ring (bicyclic) bond motifs is 1. The molecule has 1 aromatic carbocycles. The molecule has 0 bridgehead atoms. The first kappa shape index (κ1) is 19.7. The molecule has 0 atom stereocenters. The van der Waals surface area contributed by atoms with Gasteiger partial charge in [-0.25, -0.2) is 4.79 Å². The normalized spacial score (nSPS) is 11.0. The van der Waals surface area contributed by atoms with Gasteiger partial charge in [-0.1, -0.05) is 31.5 Å². The van der Waals surface area contributed by atoms with Gasteiger partial charge in [0.2, 0.25) is 0 Å². The van der Waals surface area contributed by atoms with E-state index in [-0.39, 0.29) is 30.3 Å². The summed E-state index contributed by atoms with van der Waals surface area (Å²) in [5.41, 5.74) is 6.69. The Balaban J connectivity index is 0.000000383. The minimum atomic E-state index is -0.209. The number of halogens is 1. The van der Waals surface area contributed by atoms with E-state index in [4.69, 9.17) is 21.3 Å². The van der Waals surface area contributed by atoms with E-state index >= 15 is 0 Å². The van der Waals surface area contributed by atoms with Crippen LogP contribution in [0.1, 0.15) is 35.7 Å². The number of carbonyl (C=O) groups excluding carboxylic acids is 1. The van der Waals surface area contributed by atoms with Gasteiger partial charge in [0, 0.05) is 12.1 Å². The Morgan fingerprint density at radius 3 is 2.64 bits per heavy atom. The molecule has 0 radical (unpaired) electrons. The third-order valence-electron chi connectivity index (χ3n) is 2.69. The molecule has 1 aliphatic rings. The summed E-state index contributed by atoms with van der Waals surface area (Å²) in [4.78, 5) is 10.8. The summed E-state index contributed by atoms with van der Waals surface area (Å²) < 4.78 is 4.78. The van der Waals surface area contributed by atoms with E-state index in [0.717, 1.165) is 24.9 Å². The molecule has 122 valence electrons. The number of guanidine groups is 2. The predicted molar refractivity (Wildman–Crippen MR) is 88.5 cm³/mol. The molecule has 1 heterocycles. The Kier molecular flexibility index (Phi) is 9.36. The summed E-state index contributed by atoms with van der Waals surface area (Å²) in [6, 6.07) is 7.43. The molecule has 1 aliphatic heterocycles. The number of nitrogens with one attached hydrogen (secondary N) is 4. The van der Waals surface area contributed by atoms with E-state index in [9.17, 15) is 4.79 Å². The first-order valence-corrected chi connectivity index (χ1v) is 6.73. The van der Waals surface area contributed by atoms with Crippen molar-refractivity contribution in [2.24, 2.45) is 5.73 Å². The highest BCUT2D eigenvalue weighted by Gasteiger charge is 2.18. The van der Waals surface area contributed by atoms with Crippen LogP contribution in [0.25, 0.3) is 0 Å². The minimum Gasteiger partial charge on any atom is -0.457 e. The number of hydrogen-bond acceptors (Lipinski definition) is 4. The van der Waals surface area contributed by atoms with Crippen molar-refractivity contribution >= 4 is 30.3 Å². The van der Waals surface area contributed by atoms with E-state index in [0.29, 0.717) is 12.2 Å². The SMILES string of the molecule is CCCCNC(=N)NC(=N)N.Cl.O=C1OCc2ccccc21. The Hall–Kier alpha value is -2.28. The summed E-state index contributed by atoms with van der Waals surface area (Å²) in [5, 5.41) is 19.0. The first-order valence-electron chi connectivity index (χ1n) is 6.73. The van der Waals surface area contributed by atoms with Crippen LogP contribution in [0.2, 0.25) is 0 Å². The Labute approximate surface area is 136 Å². The van der Waals surface area contributed by atoms with Crippen LogP contribution in [-0.4, -0.2) is 24.4 Å². The van der Waals surface area contributed by atoms with Gasteiger partial charge in [-0.3, -0.25) is 16.1 Å². The zero-order chi connectivity index (χ0) is 15.7. The zero-order valence-corrected chi connectivity index (χ0v) is 13.3. The molecule has 8 heteroatoms. The second kappa shape index (κ2) is 10.4. The molecule has 0 saturated heterocycles. The third kappa shape index (κ3) is 6.94. The number of cyclic esters (lactones) is 1. The standard InChI is InChI=1S/C8H6O2.C6H15N5.ClH/c9-8-7-4-2-1-3-6(7)5-10-8;1-2-3-4-10-6(9)11-5(7)8;/h1-4H,5H2;2-4H2,1H3,(H6,7,8,9,10,11);1H. The number of nitrogens with two attached hydrogens (primary N) is 1. The lowest BCUT2D eigenvalue weighted by atomic mass is 10.1. The van der Waals surface area contributed by atoms with Crippen molar-refractivity contribution in [3.63, 3.8) is 0 Å². The van der Waals surface area contributed by atoms with Crippen molar-refractivity contribution in [3.8, 4) is 0 Å². The average Bonchev–Trinajstić information content (AvgIpc) is 2.81. The molecule has 6 N–H and O–H groups in total. The Bertz CT molecular complexity index is 522. The van der Waals surface area contributed by atoms with Gasteiger partial charge in [0.1, 0.15) is 6.61 Å². The van der Waals surface area contributed by atoms with E-state index in [1.807, 2.05) is 18.2 Å². The number of rotatable bonds is 3. The number of unbranched alkanes of at least 4 members (excludes halogenated alkanes) is 1. The molecule has 0 fully saturated rings. The highest BCUT2D eigenvalue weighted by molar-refractivity contribution is 5.94. The highest BCUT2D eigenvalue weighted by atomic mass is 35.5. The van der Waals surface area contributed by atoms with Crippen molar-refractivity contribution in [1.29, 1.82) is 10.8 Å². The van der Waals surface area contributed by atoms with Gasteiger partial charge in [-0.05, 0) is 12.5 Å². The van der Waals surface area contributed by atoms with Gasteiger partial charge >= 0.3 is 5.97 Å². The number of carbonyl (C=O) groups is 1. The van der Waals surface area contributed by atoms with Gasteiger partial charge in [-0.15, -0.1) is 12.4 Å². The molecule has 7 nitrogen and oxygen atoms in total. The van der Waals surface area contributed by atoms with E-state index in [1.54, 1.807) is 6.07 Å². The number of benzene rings is 1. The molecule has 0 unspecified atom stereocenters. The van der Waals surface area contributed by atoms with Crippen LogP contribution in [0, 0.1) is 10.8 Å². The monoisotopic (exact) mass is 327 g/mol. The van der Waals surface area contributed by atoms with E-state index < -0.39 is 0 Å². The van der Waals surface area contributed by atoms with Crippen LogP contribution in [0.3, 0.4) is 0 Å². The number of hydrogen-bond donors (Lipinski definition) is 5. The van der Waals surface area contributed by atoms with Crippen LogP contribution in [0.15, 0.2) is 24.3 Å². The summed E-state index contributed by atoms with van der Waals surface area (Å²) in [6.07, 6.45) is 2.10. The summed E-state index contributed by atoms with van der Waals surface area (Å²) in [6.45, 7) is 3.26. The van der Waals surface area contributed by atoms with Crippen molar-refractivity contribution in [3.05, 3.63) is 35.4 Å². The summed E-state index contributed by atoms with van der Waals surface area (Å²) in [5.74, 6) is -0.319. The van der Waals surface area contributed by atoms with Gasteiger partial charge in [-0.2, -0.15) is 0 Å². The summed E-state index contributed by atoms with van der Waals surface area (Å²) >= 11 is 0. The molecule has 0 aliphatic carbocycles. The van der Waals surface area contributed by atoms with Crippen LogP contribution >= 0.6 is 12.4 Å². The van der Waals surface area contributed by atoms with Gasteiger partial charge in [0.25, 0.3) is 0 Å². The lowest BCUT2D eigenvalue weighted by Gasteiger charge is -2.06. The lowest BCUT2D eigenvalue weighted by molar-refractivity contribution is 0.0535. The van der Waals surface area contributed by atoms with E-state index in [2.05, 4.69) is 17.6 Å². The Morgan fingerprint density at radius 1 is 1.36 bits per heavy atom. The second-order valence-corrected chi connectivity index (χ2v) is 4.43. The van der Waals surface area contributed by atoms with Gasteiger partial charge in [0.15, 0.2) is 11.9 Å². The van der Waals surface area contributed by atoms with Gasteiger partial charge in [0.05, 0.1) is 5.56 Å². The quantitative estimate of drug-likeness (QED) is 0.249. The maximum Gasteiger partial charge on any atom is 0.338 e. The largest absolute Gasteiger partial charge is 0.457 e. The van der Waals surface area contributed by atoms with Crippen molar-refractivity contribution in [2.75, 3.05) is 6.54 Å². The summed E-state index contributed by atoms with van der Waals surface area (Å²) in [7, 11) is 0. The van der Waals surface area contributed by atoms with Crippen LogP contribution in [-0.2, 0) is 11.3 Å². The molecule has 2 rings (SSSR count). The number of ether oxygens (including phenoxy) is 1. The lowest BCUT2D eigenvalue weighted by Crippen LogP contribution is -2.43. The van der Waals surface area contributed by atoms with Crippen LogP contribution in [0.4, 0.5) is 0 Å². The smallest absolute Gasteiger partial charge is 0.338 e. The molecular weight excluding hydrogens is 306 g/mol. The van der Waals surface area contributed by atoms with Crippen LogP contribution < -0.4 is 16.4 Å². The molecule has 0 amide bonds. The fraction of sp³-hybridized carbons (Fsp3) is 0.357. The molecular formula is C14H22ClN5O2. The zero-order valence-electron chi connectivity index (χ0n) is 12.4. The minimum absolute atomic E-state index is 0. The first-order chi connectivity index (χ1) is 10.0. The predicted octanol–water partition coefficient (Wildman–Crippen LogP) is 1.57. The fourth-order valence-electron chi connectivity index (χ4n) is 1.64. The molecule has 1 aromatic rings. The van der Waals surface area contributed by atoms with E-state index in [1.165, 1.54) is 0 Å². The highest BCUT2D eigenvalue weighted by Crippen LogP contribution is 2.17. The number of esters is 1. The topological polar surface area (TPSA) is 124 Å². The molecule has 0 aromatic heterocycles. The molecule has 22 heavy (non-hydrogen) atoms. The van der Waals surface area contributed by atoms with Gasteiger partial charge < -0.3 is 15.8 Å². The average molecular weight is 328 g/mol. The van der Waals surface area contributed by atoms with Crippen molar-refractivity contribution in [1.82, 2.24) is 10.6 Å². The van der Waals surface area contributed by atoms with Crippen molar-refractivity contribution < 1.29 is 9.53 Å². The van der Waals surface area contributed by atoms with Crippen molar-refractivity contribution in [2.45, 2.75) is 26.4 Å². The molecule has 0 saturated carbocycles. The molecule has 0 spiro atoms. The third-order valence-corrected chi connectivity index (χ3v) is 2.69. The maximum absolute atomic E-state index is 10.8. The maximum atomic E-state index is 10.8. The fourth-order valence-corrected chi connectivity index (χ4v) is 1.64. The Morgan fingerprint density at radius 2 is 2.05 bits per heavy atom.